The van der Waals surface area contributed by atoms with Crippen LogP contribution in [0.5, 0.6) is 0 Å². The average Bonchev–Trinajstić information content (AvgIpc) is 2.73. The van der Waals surface area contributed by atoms with Crippen molar-refractivity contribution in [3.63, 3.8) is 0 Å². The summed E-state index contributed by atoms with van der Waals surface area (Å²) < 4.78 is 0.770. The minimum atomic E-state index is 0.0611. The predicted octanol–water partition coefficient (Wildman–Crippen LogP) is 3.80. The van der Waals surface area contributed by atoms with Crippen LogP contribution in [-0.4, -0.2) is 0 Å². The number of hydrogen-bond acceptors (Lipinski definition) is 3. The van der Waals surface area contributed by atoms with Crippen molar-refractivity contribution in [2.45, 2.75) is 12.5 Å². The number of halogens is 2. The Kier molecular flexibility index (Phi) is 4.42. The van der Waals surface area contributed by atoms with Crippen LogP contribution in [-0.2, 0) is 6.42 Å². The summed E-state index contributed by atoms with van der Waals surface area (Å²) in [4.78, 5) is 1.12. The summed E-state index contributed by atoms with van der Waals surface area (Å²) in [6.07, 6.45) is 0.786. The Morgan fingerprint density at radius 3 is 2.65 bits per heavy atom. The molecular weight excluding hydrogens is 275 g/mol. The third kappa shape index (κ3) is 3.44. The van der Waals surface area contributed by atoms with Crippen molar-refractivity contribution in [1.82, 2.24) is 5.43 Å². The molecule has 1 unspecified atom stereocenters. The van der Waals surface area contributed by atoms with Gasteiger partial charge in [-0.3, -0.25) is 11.3 Å². The molecule has 1 aromatic heterocycles. The molecule has 0 amide bonds. The Hall–Kier alpha value is -0.580. The summed E-state index contributed by atoms with van der Waals surface area (Å²) in [7, 11) is 0. The van der Waals surface area contributed by atoms with E-state index in [1.807, 2.05) is 36.4 Å². The van der Waals surface area contributed by atoms with E-state index in [2.05, 4.69) is 5.43 Å². The molecular formula is C12H12Cl2N2S. The first-order valence-electron chi connectivity index (χ1n) is 5.15. The topological polar surface area (TPSA) is 38.0 Å². The number of benzene rings is 1. The molecule has 90 valence electrons. The van der Waals surface area contributed by atoms with Crippen LogP contribution >= 0.6 is 34.5 Å². The Labute approximate surface area is 114 Å². The van der Waals surface area contributed by atoms with Crippen molar-refractivity contribution in [3.05, 3.63) is 56.2 Å². The molecule has 0 radical (unpaired) electrons. The van der Waals surface area contributed by atoms with Crippen LogP contribution in [0.25, 0.3) is 0 Å². The van der Waals surface area contributed by atoms with Gasteiger partial charge in [-0.05, 0) is 36.2 Å². The Bertz CT molecular complexity index is 499. The Balaban J connectivity index is 2.15. The molecule has 0 fully saturated rings. The molecule has 1 heterocycles. The van der Waals surface area contributed by atoms with E-state index in [9.17, 15) is 0 Å². The van der Waals surface area contributed by atoms with Crippen LogP contribution in [0.4, 0.5) is 0 Å². The molecule has 0 bridgehead atoms. The largest absolute Gasteiger partial charge is 0.271 e. The molecule has 2 nitrogen and oxygen atoms in total. The summed E-state index contributed by atoms with van der Waals surface area (Å²) in [5.74, 6) is 5.58. The van der Waals surface area contributed by atoms with E-state index in [1.165, 1.54) is 11.3 Å². The van der Waals surface area contributed by atoms with E-state index in [4.69, 9.17) is 29.0 Å². The highest BCUT2D eigenvalue weighted by atomic mass is 35.5. The molecule has 2 aromatic rings. The molecule has 1 atom stereocenters. The van der Waals surface area contributed by atoms with Crippen molar-refractivity contribution in [1.29, 1.82) is 0 Å². The standard InChI is InChI=1S/C12H12Cl2N2S/c13-9-3-1-2-8(6-9)7-10(16-15)11-4-5-12(14)17-11/h1-6,10,16H,7,15H2. The van der Waals surface area contributed by atoms with Crippen LogP contribution in [0.3, 0.4) is 0 Å². The first kappa shape index (κ1) is 12.9. The molecule has 0 saturated heterocycles. The number of nitrogens with one attached hydrogen (secondary N) is 1. The molecule has 0 saturated carbocycles. The zero-order valence-corrected chi connectivity index (χ0v) is 11.3. The van der Waals surface area contributed by atoms with Gasteiger partial charge in [0.05, 0.1) is 10.4 Å². The van der Waals surface area contributed by atoms with E-state index in [0.717, 1.165) is 26.2 Å². The third-order valence-corrected chi connectivity index (χ3v) is 4.05. The van der Waals surface area contributed by atoms with Crippen molar-refractivity contribution < 1.29 is 0 Å². The maximum Gasteiger partial charge on any atom is 0.0931 e. The van der Waals surface area contributed by atoms with Gasteiger partial charge in [0.2, 0.25) is 0 Å². The van der Waals surface area contributed by atoms with Gasteiger partial charge in [0.1, 0.15) is 0 Å². The van der Waals surface area contributed by atoms with Gasteiger partial charge in [0.25, 0.3) is 0 Å². The highest BCUT2D eigenvalue weighted by Crippen LogP contribution is 2.28. The van der Waals surface area contributed by atoms with Crippen molar-refractivity contribution in [3.8, 4) is 0 Å². The predicted molar refractivity (Wildman–Crippen MR) is 74.5 cm³/mol. The first-order valence-corrected chi connectivity index (χ1v) is 6.72. The molecule has 0 aliphatic rings. The van der Waals surface area contributed by atoms with Gasteiger partial charge >= 0.3 is 0 Å². The molecule has 3 N–H and O–H groups in total. The Morgan fingerprint density at radius 2 is 2.06 bits per heavy atom. The van der Waals surface area contributed by atoms with Crippen LogP contribution in [0.1, 0.15) is 16.5 Å². The Morgan fingerprint density at radius 1 is 1.24 bits per heavy atom. The van der Waals surface area contributed by atoms with Gasteiger partial charge in [0.15, 0.2) is 0 Å². The van der Waals surface area contributed by atoms with E-state index < -0.39 is 0 Å². The van der Waals surface area contributed by atoms with Crippen molar-refractivity contribution in [2.75, 3.05) is 0 Å². The second-order valence-electron chi connectivity index (χ2n) is 3.70. The molecule has 2 rings (SSSR count). The van der Waals surface area contributed by atoms with Crippen LogP contribution in [0.2, 0.25) is 9.36 Å². The van der Waals surface area contributed by atoms with E-state index >= 15 is 0 Å². The van der Waals surface area contributed by atoms with Crippen LogP contribution in [0.15, 0.2) is 36.4 Å². The van der Waals surface area contributed by atoms with Crippen LogP contribution in [0, 0.1) is 0 Å². The number of thiophene rings is 1. The SMILES string of the molecule is NNC(Cc1cccc(Cl)c1)c1ccc(Cl)s1. The summed E-state index contributed by atoms with van der Waals surface area (Å²) in [5.41, 5.74) is 3.95. The monoisotopic (exact) mass is 286 g/mol. The molecule has 0 spiro atoms. The highest BCUT2D eigenvalue weighted by molar-refractivity contribution is 7.16. The molecule has 1 aromatic carbocycles. The molecule has 5 heteroatoms. The molecule has 0 aliphatic heterocycles. The lowest BCUT2D eigenvalue weighted by Crippen LogP contribution is -2.28. The van der Waals surface area contributed by atoms with E-state index in [1.54, 1.807) is 0 Å². The summed E-state index contributed by atoms with van der Waals surface area (Å²) in [6, 6.07) is 11.7. The zero-order chi connectivity index (χ0) is 12.3. The van der Waals surface area contributed by atoms with Gasteiger partial charge in [0, 0.05) is 9.90 Å². The first-order chi connectivity index (χ1) is 8.19. The third-order valence-electron chi connectivity index (χ3n) is 2.47. The second kappa shape index (κ2) is 5.85. The summed E-state index contributed by atoms with van der Waals surface area (Å²) in [5, 5.41) is 0.738. The van der Waals surface area contributed by atoms with Gasteiger partial charge in [-0.25, -0.2) is 0 Å². The number of hydrogen-bond donors (Lipinski definition) is 2. The van der Waals surface area contributed by atoms with E-state index in [0.29, 0.717) is 0 Å². The lowest BCUT2D eigenvalue weighted by atomic mass is 10.1. The lowest BCUT2D eigenvalue weighted by molar-refractivity contribution is 0.560. The summed E-state index contributed by atoms with van der Waals surface area (Å²) >= 11 is 13.4. The van der Waals surface area contributed by atoms with Crippen molar-refractivity contribution in [2.24, 2.45) is 5.84 Å². The van der Waals surface area contributed by atoms with Crippen LogP contribution < -0.4 is 11.3 Å². The number of rotatable bonds is 4. The van der Waals surface area contributed by atoms with Crippen molar-refractivity contribution >= 4 is 34.5 Å². The van der Waals surface area contributed by atoms with Gasteiger partial charge < -0.3 is 0 Å². The normalized spacial score (nSPS) is 12.6. The lowest BCUT2D eigenvalue weighted by Gasteiger charge is -2.14. The van der Waals surface area contributed by atoms with Gasteiger partial charge in [-0.15, -0.1) is 11.3 Å². The highest BCUT2D eigenvalue weighted by Gasteiger charge is 2.12. The second-order valence-corrected chi connectivity index (χ2v) is 5.88. The minimum absolute atomic E-state index is 0.0611. The molecule has 0 aliphatic carbocycles. The minimum Gasteiger partial charge on any atom is -0.271 e. The fourth-order valence-electron chi connectivity index (χ4n) is 1.66. The smallest absolute Gasteiger partial charge is 0.0931 e. The maximum atomic E-state index is 5.95. The fraction of sp³-hybridized carbons (Fsp3) is 0.167. The average molecular weight is 287 g/mol. The zero-order valence-electron chi connectivity index (χ0n) is 8.99. The summed E-state index contributed by atoms with van der Waals surface area (Å²) in [6.45, 7) is 0. The van der Waals surface area contributed by atoms with E-state index in [-0.39, 0.29) is 6.04 Å². The quantitative estimate of drug-likeness (QED) is 0.663. The fourth-order valence-corrected chi connectivity index (χ4v) is 2.99. The number of hydrazine groups is 1. The molecule has 17 heavy (non-hydrogen) atoms. The van der Waals surface area contributed by atoms with Gasteiger partial charge in [-0.1, -0.05) is 35.3 Å². The number of nitrogens with two attached hydrogens (primary N) is 1. The van der Waals surface area contributed by atoms with Gasteiger partial charge in [-0.2, -0.15) is 0 Å². The maximum absolute atomic E-state index is 5.95.